The van der Waals surface area contributed by atoms with Crippen molar-refractivity contribution >= 4 is 5.90 Å². The smallest absolute Gasteiger partial charge is 0.206 e. The van der Waals surface area contributed by atoms with Gasteiger partial charge in [0.25, 0.3) is 0 Å². The zero-order valence-corrected chi connectivity index (χ0v) is 19.9. The first-order valence-corrected chi connectivity index (χ1v) is 11.5. The molecule has 1 aliphatic carbocycles. The first-order chi connectivity index (χ1) is 15.7. The Labute approximate surface area is 196 Å². The third-order valence-electron chi connectivity index (χ3n) is 6.60. The molecule has 3 N–H and O–H groups in total. The first-order valence-electron chi connectivity index (χ1n) is 11.5. The van der Waals surface area contributed by atoms with Gasteiger partial charge < -0.3 is 29.2 Å². The predicted molar refractivity (Wildman–Crippen MR) is 127 cm³/mol. The van der Waals surface area contributed by atoms with Crippen LogP contribution in [0.3, 0.4) is 0 Å². The molecule has 3 fully saturated rings. The van der Waals surface area contributed by atoms with E-state index in [0.29, 0.717) is 0 Å². The summed E-state index contributed by atoms with van der Waals surface area (Å²) < 4.78 is 24.1. The number of hydrogen-bond donors (Lipinski definition) is 3. The molecule has 0 aromatic rings. The van der Waals surface area contributed by atoms with E-state index in [1.807, 2.05) is 0 Å². The van der Waals surface area contributed by atoms with Crippen molar-refractivity contribution in [1.82, 2.24) is 0 Å². The second-order valence-electron chi connectivity index (χ2n) is 9.33. The fourth-order valence-corrected chi connectivity index (χ4v) is 4.84. The molecule has 6 atom stereocenters. The number of allylic oxidation sites excluding steroid dienone is 7. The summed E-state index contributed by atoms with van der Waals surface area (Å²) in [6, 6.07) is 0. The van der Waals surface area contributed by atoms with Crippen LogP contribution in [0.15, 0.2) is 60.3 Å². The third kappa shape index (κ3) is 6.52. The van der Waals surface area contributed by atoms with E-state index < -0.39 is 6.29 Å². The highest BCUT2D eigenvalue weighted by Crippen LogP contribution is 2.59. The molecule has 0 radical (unpaired) electrons. The van der Waals surface area contributed by atoms with Crippen LogP contribution in [-0.4, -0.2) is 65.6 Å². The Balaban J connectivity index is 1.59. The molecule has 2 aliphatic heterocycles. The number of aliphatic hydroxyl groups excluding tert-OH is 1. The molecule has 33 heavy (non-hydrogen) atoms. The van der Waals surface area contributed by atoms with Gasteiger partial charge in [-0.3, -0.25) is 5.41 Å². The average Bonchev–Trinajstić information content (AvgIpc) is 3.67. The lowest BCUT2D eigenvalue weighted by Gasteiger charge is -2.42. The van der Waals surface area contributed by atoms with Crippen LogP contribution < -0.4 is 0 Å². The van der Waals surface area contributed by atoms with Gasteiger partial charge in [0.1, 0.15) is 23.4 Å². The maximum absolute atomic E-state index is 8.72. The van der Waals surface area contributed by atoms with Gasteiger partial charge in [-0.15, -0.1) is 0 Å². The largest absolute Gasteiger partial charge is 0.472 e. The van der Waals surface area contributed by atoms with Gasteiger partial charge in [-0.05, 0) is 52.2 Å². The second kappa shape index (κ2) is 10.9. The Bertz CT molecular complexity index is 834. The average molecular weight is 460 g/mol. The summed E-state index contributed by atoms with van der Waals surface area (Å²) >= 11 is 0. The highest BCUT2D eigenvalue weighted by molar-refractivity contribution is 5.85. The van der Waals surface area contributed by atoms with Crippen LogP contribution in [0.1, 0.15) is 40.0 Å². The quantitative estimate of drug-likeness (QED) is 0.115. The van der Waals surface area contributed by atoms with Crippen molar-refractivity contribution in [3.8, 4) is 0 Å². The van der Waals surface area contributed by atoms with E-state index in [4.69, 9.17) is 34.6 Å². The molecule has 7 nitrogen and oxygen atoms in total. The lowest BCUT2D eigenvalue weighted by molar-refractivity contribution is -0.111. The zero-order valence-electron chi connectivity index (χ0n) is 19.9. The fourth-order valence-electron chi connectivity index (χ4n) is 4.84. The number of ether oxygens (including phenoxy) is 4. The van der Waals surface area contributed by atoms with Crippen molar-refractivity contribution in [3.05, 3.63) is 60.3 Å². The van der Waals surface area contributed by atoms with Crippen molar-refractivity contribution in [2.45, 2.75) is 75.8 Å². The number of hydrogen-bond acceptors (Lipinski definition) is 7. The van der Waals surface area contributed by atoms with Crippen molar-refractivity contribution in [2.24, 2.45) is 5.92 Å². The molecule has 7 heteroatoms. The molecule has 6 unspecified atom stereocenters. The van der Waals surface area contributed by atoms with E-state index in [9.17, 15) is 0 Å². The number of epoxide rings is 2. The summed E-state index contributed by atoms with van der Waals surface area (Å²) in [5.74, 6) is 0.130. The van der Waals surface area contributed by atoms with Gasteiger partial charge in [-0.2, -0.15) is 0 Å². The van der Waals surface area contributed by atoms with E-state index in [1.165, 1.54) is 11.6 Å². The van der Waals surface area contributed by atoms with Crippen LogP contribution in [0, 0.1) is 11.3 Å². The van der Waals surface area contributed by atoms with Crippen molar-refractivity contribution in [1.29, 1.82) is 5.41 Å². The van der Waals surface area contributed by atoms with Crippen molar-refractivity contribution in [2.75, 3.05) is 13.7 Å². The minimum Gasteiger partial charge on any atom is -0.472 e. The second-order valence-corrected chi connectivity index (χ2v) is 9.33. The Kier molecular flexibility index (Phi) is 8.48. The molecule has 182 valence electrons. The van der Waals surface area contributed by atoms with Crippen LogP contribution in [0.5, 0.6) is 0 Å². The lowest BCUT2D eigenvalue weighted by Crippen LogP contribution is -2.55. The Hall–Kier alpha value is -2.03. The van der Waals surface area contributed by atoms with E-state index in [2.05, 4.69) is 26.8 Å². The van der Waals surface area contributed by atoms with Gasteiger partial charge in [0.2, 0.25) is 5.90 Å². The molecule has 0 aromatic heterocycles. The Morgan fingerprint density at radius 3 is 2.42 bits per heavy atom. The number of methoxy groups -OCH3 is 1. The maximum Gasteiger partial charge on any atom is 0.206 e. The standard InChI is InChI=1S/C26H37NO6/c1-18(2)13-14-20-25(3,33-20)24-23(30-4)19(15-16-26(24)17-31-26)32-21(27)11-9-7-5-6-8-10-12-22(28)29/h5-13,19-20,22-24,27-29H,14-17H2,1-4H3. The summed E-state index contributed by atoms with van der Waals surface area (Å²) in [4.78, 5) is 0. The maximum atomic E-state index is 8.72. The van der Waals surface area contributed by atoms with Gasteiger partial charge in [-0.1, -0.05) is 48.1 Å². The monoisotopic (exact) mass is 459 g/mol. The summed E-state index contributed by atoms with van der Waals surface area (Å²) in [6.07, 6.45) is 16.1. The van der Waals surface area contributed by atoms with E-state index in [1.54, 1.807) is 49.6 Å². The first kappa shape index (κ1) is 25.6. The molecule has 3 aliphatic rings. The van der Waals surface area contributed by atoms with Crippen LogP contribution in [0.2, 0.25) is 0 Å². The van der Waals surface area contributed by atoms with Gasteiger partial charge in [0, 0.05) is 7.11 Å². The topological polar surface area (TPSA) is 108 Å². The molecule has 0 aromatic carbocycles. The van der Waals surface area contributed by atoms with Gasteiger partial charge in [0.15, 0.2) is 6.29 Å². The number of nitrogens with one attached hydrogen (secondary N) is 1. The van der Waals surface area contributed by atoms with Crippen LogP contribution >= 0.6 is 0 Å². The molecule has 2 saturated heterocycles. The Morgan fingerprint density at radius 1 is 1.15 bits per heavy atom. The Morgan fingerprint density at radius 2 is 1.82 bits per heavy atom. The van der Waals surface area contributed by atoms with Crippen LogP contribution in [0.4, 0.5) is 0 Å². The minimum atomic E-state index is -1.45. The van der Waals surface area contributed by atoms with E-state index in [0.717, 1.165) is 25.9 Å². The fraction of sp³-hybridized carbons (Fsp3) is 0.577. The van der Waals surface area contributed by atoms with E-state index >= 15 is 0 Å². The summed E-state index contributed by atoms with van der Waals surface area (Å²) in [7, 11) is 1.70. The van der Waals surface area contributed by atoms with Gasteiger partial charge in [0.05, 0.1) is 18.6 Å². The SMILES string of the molecule is COC1C(OC(=N)C=CC=CC=CC=CC(O)O)CCC2(CO2)C1C1(C)OC1CC=C(C)C. The molecular weight excluding hydrogens is 422 g/mol. The predicted octanol–water partition coefficient (Wildman–Crippen LogP) is 3.59. The number of aliphatic hydroxyl groups is 2. The summed E-state index contributed by atoms with van der Waals surface area (Å²) in [5.41, 5.74) is 0.755. The molecule has 0 amide bonds. The molecule has 2 heterocycles. The van der Waals surface area contributed by atoms with Crippen molar-refractivity contribution < 1.29 is 29.2 Å². The summed E-state index contributed by atoms with van der Waals surface area (Å²) in [6.45, 7) is 7.06. The zero-order chi connectivity index (χ0) is 24.1. The lowest BCUT2D eigenvalue weighted by atomic mass is 9.68. The molecule has 1 spiro atoms. The highest BCUT2D eigenvalue weighted by Gasteiger charge is 2.72. The van der Waals surface area contributed by atoms with Crippen molar-refractivity contribution in [3.63, 3.8) is 0 Å². The van der Waals surface area contributed by atoms with Gasteiger partial charge in [-0.25, -0.2) is 0 Å². The summed E-state index contributed by atoms with van der Waals surface area (Å²) in [5, 5.41) is 25.7. The molecular formula is C26H37NO6. The van der Waals surface area contributed by atoms with Crippen LogP contribution in [0.25, 0.3) is 0 Å². The van der Waals surface area contributed by atoms with E-state index in [-0.39, 0.29) is 41.3 Å². The molecule has 0 bridgehead atoms. The molecule has 3 rings (SSSR count). The number of rotatable bonds is 10. The van der Waals surface area contributed by atoms with Gasteiger partial charge >= 0.3 is 0 Å². The third-order valence-corrected chi connectivity index (χ3v) is 6.60. The van der Waals surface area contributed by atoms with Crippen LogP contribution in [-0.2, 0) is 18.9 Å². The molecule has 1 saturated carbocycles. The highest BCUT2D eigenvalue weighted by atomic mass is 16.6. The minimum absolute atomic E-state index is 0.0524. The normalized spacial score (nSPS) is 36.0.